The fourth-order valence-electron chi connectivity index (χ4n) is 4.32. The van der Waals surface area contributed by atoms with Crippen molar-refractivity contribution < 1.29 is 23.7 Å². The van der Waals surface area contributed by atoms with Gasteiger partial charge in [0.15, 0.2) is 6.10 Å². The van der Waals surface area contributed by atoms with Gasteiger partial charge in [-0.1, -0.05) is 48.0 Å². The summed E-state index contributed by atoms with van der Waals surface area (Å²) in [4.78, 5) is 13.3. The van der Waals surface area contributed by atoms with Crippen molar-refractivity contribution in [1.29, 1.82) is 0 Å². The molecule has 5 nitrogen and oxygen atoms in total. The summed E-state index contributed by atoms with van der Waals surface area (Å²) in [5.74, 6) is 1.08. The number of methoxy groups -OCH3 is 2. The normalized spacial score (nSPS) is 11.8. The summed E-state index contributed by atoms with van der Waals surface area (Å²) in [6.07, 6.45) is -0.927. The Kier molecular flexibility index (Phi) is 8.14. The smallest absolute Gasteiger partial charge is 0.339 e. The van der Waals surface area contributed by atoms with Gasteiger partial charge in [-0.3, -0.25) is 0 Å². The molecule has 0 radical (unpaired) electrons. The number of hydrogen-bond donors (Lipinski definition) is 0. The van der Waals surface area contributed by atoms with Crippen molar-refractivity contribution in [2.24, 2.45) is 0 Å². The first-order valence-corrected chi connectivity index (χ1v) is 12.1. The Morgan fingerprint density at radius 2 is 1.56 bits per heavy atom. The van der Waals surface area contributed by atoms with Crippen LogP contribution in [-0.4, -0.2) is 26.8 Å². The van der Waals surface area contributed by atoms with E-state index >= 15 is 0 Å². The van der Waals surface area contributed by atoms with Gasteiger partial charge in [0.2, 0.25) is 0 Å². The van der Waals surface area contributed by atoms with E-state index in [0.717, 1.165) is 50.1 Å². The predicted octanol–water partition coefficient (Wildman–Crippen LogP) is 7.31. The fourth-order valence-corrected chi connectivity index (χ4v) is 4.45. The maximum absolute atomic E-state index is 13.3. The van der Waals surface area contributed by atoms with Crippen LogP contribution in [0.3, 0.4) is 0 Å². The lowest BCUT2D eigenvalue weighted by atomic mass is 9.87. The second-order valence-corrected chi connectivity index (χ2v) is 8.80. The molecule has 1 unspecified atom stereocenters. The average Bonchev–Trinajstić information content (AvgIpc) is 2.89. The summed E-state index contributed by atoms with van der Waals surface area (Å²) in [6.45, 7) is 4.25. The molecule has 0 saturated carbocycles. The van der Waals surface area contributed by atoms with E-state index in [9.17, 15) is 4.79 Å². The van der Waals surface area contributed by atoms with Gasteiger partial charge in [-0.05, 0) is 83.3 Å². The van der Waals surface area contributed by atoms with Crippen LogP contribution >= 0.6 is 11.6 Å². The van der Waals surface area contributed by atoms with E-state index in [4.69, 9.17) is 30.5 Å². The van der Waals surface area contributed by atoms with Crippen molar-refractivity contribution in [2.45, 2.75) is 26.6 Å². The summed E-state index contributed by atoms with van der Waals surface area (Å²) in [5, 5.41) is 2.61. The number of halogens is 1. The number of fused-ring (bicyclic) bond motifs is 1. The molecule has 0 spiro atoms. The number of carbonyl (C=O) groups excluding carboxylic acids is 1. The van der Waals surface area contributed by atoms with E-state index in [1.54, 1.807) is 21.1 Å². The lowest BCUT2D eigenvalue weighted by Crippen LogP contribution is -2.21. The van der Waals surface area contributed by atoms with E-state index in [1.165, 1.54) is 0 Å². The molecule has 0 N–H and O–H groups in total. The number of aryl methyl sites for hydroxylation is 1. The quantitative estimate of drug-likeness (QED) is 0.224. The van der Waals surface area contributed by atoms with Crippen LogP contribution in [0.4, 0.5) is 0 Å². The van der Waals surface area contributed by atoms with Crippen molar-refractivity contribution in [3.05, 3.63) is 94.5 Å². The molecule has 0 saturated heterocycles. The van der Waals surface area contributed by atoms with E-state index in [2.05, 4.69) is 6.07 Å². The Bertz CT molecular complexity index is 1350. The number of esters is 1. The average molecular weight is 505 g/mol. The molecule has 0 amide bonds. The Labute approximate surface area is 216 Å². The molecule has 0 aliphatic rings. The molecular weight excluding hydrogens is 476 g/mol. The van der Waals surface area contributed by atoms with Gasteiger partial charge in [0.05, 0.1) is 27.4 Å². The second-order valence-electron chi connectivity index (χ2n) is 8.37. The molecule has 186 valence electrons. The molecule has 0 fully saturated rings. The van der Waals surface area contributed by atoms with Gasteiger partial charge in [0.1, 0.15) is 11.5 Å². The van der Waals surface area contributed by atoms with E-state index in [0.29, 0.717) is 5.02 Å². The van der Waals surface area contributed by atoms with Crippen LogP contribution in [0.2, 0.25) is 5.02 Å². The minimum absolute atomic E-state index is 0.230. The maximum Gasteiger partial charge on any atom is 0.339 e. The highest BCUT2D eigenvalue weighted by molar-refractivity contribution is 6.30. The van der Waals surface area contributed by atoms with Gasteiger partial charge >= 0.3 is 5.97 Å². The first kappa shape index (κ1) is 25.5. The van der Waals surface area contributed by atoms with Crippen molar-refractivity contribution in [3.63, 3.8) is 0 Å². The van der Waals surface area contributed by atoms with Crippen molar-refractivity contribution >= 4 is 28.3 Å². The minimum atomic E-state index is -0.927. The number of hydrogen-bond acceptors (Lipinski definition) is 5. The molecule has 4 aromatic rings. The summed E-state index contributed by atoms with van der Waals surface area (Å²) >= 11 is 6.20. The Morgan fingerprint density at radius 3 is 2.19 bits per heavy atom. The molecule has 6 heteroatoms. The highest BCUT2D eigenvalue weighted by atomic mass is 35.5. The minimum Gasteiger partial charge on any atom is -0.497 e. The van der Waals surface area contributed by atoms with Gasteiger partial charge in [-0.15, -0.1) is 0 Å². The zero-order valence-electron chi connectivity index (χ0n) is 20.8. The monoisotopic (exact) mass is 504 g/mol. The molecule has 0 heterocycles. The molecular formula is C30H29ClO5. The van der Waals surface area contributed by atoms with Crippen LogP contribution < -0.4 is 9.47 Å². The highest BCUT2D eigenvalue weighted by Gasteiger charge is 2.29. The van der Waals surface area contributed by atoms with Gasteiger partial charge in [-0.25, -0.2) is 4.79 Å². The number of ether oxygens (including phenoxy) is 4. The van der Waals surface area contributed by atoms with Gasteiger partial charge in [-0.2, -0.15) is 0 Å². The van der Waals surface area contributed by atoms with Crippen LogP contribution in [0.25, 0.3) is 21.9 Å². The third-order valence-electron chi connectivity index (χ3n) is 6.07. The zero-order chi connectivity index (χ0) is 25.7. The van der Waals surface area contributed by atoms with E-state index < -0.39 is 12.1 Å². The summed E-state index contributed by atoms with van der Waals surface area (Å²) in [5.41, 5.74) is 4.42. The van der Waals surface area contributed by atoms with Crippen LogP contribution in [0, 0.1) is 6.92 Å². The van der Waals surface area contributed by atoms with Crippen LogP contribution in [0.1, 0.15) is 29.7 Å². The molecule has 0 aromatic heterocycles. The zero-order valence-corrected chi connectivity index (χ0v) is 21.6. The maximum atomic E-state index is 13.3. The number of rotatable bonds is 9. The van der Waals surface area contributed by atoms with Crippen LogP contribution in [-0.2, 0) is 20.9 Å². The third kappa shape index (κ3) is 5.48. The number of carbonyl (C=O) groups is 1. The van der Waals surface area contributed by atoms with Crippen molar-refractivity contribution in [1.82, 2.24) is 0 Å². The summed E-state index contributed by atoms with van der Waals surface area (Å²) in [7, 11) is 3.27. The summed E-state index contributed by atoms with van der Waals surface area (Å²) < 4.78 is 22.5. The Balaban J connectivity index is 1.87. The lowest BCUT2D eigenvalue weighted by molar-refractivity contribution is -0.158. The predicted molar refractivity (Wildman–Crippen MR) is 143 cm³/mol. The molecule has 4 aromatic carbocycles. The van der Waals surface area contributed by atoms with E-state index in [-0.39, 0.29) is 13.2 Å². The SMILES string of the molecule is CCOC(=O)C(OCc1ccc(OC)cc1)c1c(C)cc2cc(OC)ccc2c1-c1ccc(Cl)cc1. The first-order chi connectivity index (χ1) is 17.4. The molecule has 36 heavy (non-hydrogen) atoms. The topological polar surface area (TPSA) is 54.0 Å². The molecule has 0 aliphatic carbocycles. The van der Waals surface area contributed by atoms with Crippen molar-refractivity contribution in [3.8, 4) is 22.6 Å². The van der Waals surface area contributed by atoms with Gasteiger partial charge < -0.3 is 18.9 Å². The van der Waals surface area contributed by atoms with Gasteiger partial charge in [0.25, 0.3) is 0 Å². The first-order valence-electron chi connectivity index (χ1n) is 11.7. The molecule has 0 bridgehead atoms. The fraction of sp³-hybridized carbons (Fsp3) is 0.233. The largest absolute Gasteiger partial charge is 0.497 e. The van der Waals surface area contributed by atoms with Crippen molar-refractivity contribution in [2.75, 3.05) is 20.8 Å². The highest BCUT2D eigenvalue weighted by Crippen LogP contribution is 2.41. The standard InChI is InChI=1S/C30H29ClO5/c1-5-35-30(32)29(36-18-20-6-12-24(33-3)13-7-20)27-19(2)16-22-17-25(34-4)14-15-26(22)28(27)21-8-10-23(31)11-9-21/h6-17,29H,5,18H2,1-4H3. The molecule has 1 atom stereocenters. The third-order valence-corrected chi connectivity index (χ3v) is 6.32. The van der Waals surface area contributed by atoms with Gasteiger partial charge in [0, 0.05) is 10.6 Å². The number of benzene rings is 4. The van der Waals surface area contributed by atoms with Crippen LogP contribution in [0.15, 0.2) is 72.8 Å². The second kappa shape index (κ2) is 11.5. The Hall–Kier alpha value is -3.54. The Morgan fingerprint density at radius 1 is 0.889 bits per heavy atom. The van der Waals surface area contributed by atoms with E-state index in [1.807, 2.05) is 73.7 Å². The summed E-state index contributed by atoms with van der Waals surface area (Å²) in [6, 6.07) is 23.1. The molecule has 0 aliphatic heterocycles. The molecule has 4 rings (SSSR count). The lowest BCUT2D eigenvalue weighted by Gasteiger charge is -2.24. The van der Waals surface area contributed by atoms with Crippen LogP contribution in [0.5, 0.6) is 11.5 Å².